The van der Waals surface area contributed by atoms with Gasteiger partial charge in [-0.05, 0) is 37.4 Å². The Balaban J connectivity index is 0.00000180. The Kier molecular flexibility index (Phi) is 5.88. The van der Waals surface area contributed by atoms with Gasteiger partial charge in [-0.3, -0.25) is 4.79 Å². The van der Waals surface area contributed by atoms with E-state index in [2.05, 4.69) is 17.6 Å². The SMILES string of the molecule is CCc1oc(C(=O)NC2CNCCC2C)cc1C.Cl. The molecule has 2 N–H and O–H groups in total. The fraction of sp³-hybridized carbons (Fsp3) is 0.643. The van der Waals surface area contributed by atoms with Crippen molar-refractivity contribution in [2.75, 3.05) is 13.1 Å². The molecular formula is C14H23ClN2O2. The van der Waals surface area contributed by atoms with E-state index >= 15 is 0 Å². The molecule has 1 fully saturated rings. The zero-order valence-corrected chi connectivity index (χ0v) is 12.6. The van der Waals surface area contributed by atoms with Crippen LogP contribution in [0.15, 0.2) is 10.5 Å². The normalized spacial score (nSPS) is 22.7. The lowest BCUT2D eigenvalue weighted by Gasteiger charge is -2.29. The maximum Gasteiger partial charge on any atom is 0.287 e. The smallest absolute Gasteiger partial charge is 0.287 e. The van der Waals surface area contributed by atoms with Crippen LogP contribution in [0.5, 0.6) is 0 Å². The van der Waals surface area contributed by atoms with E-state index in [4.69, 9.17) is 4.42 Å². The predicted molar refractivity (Wildman–Crippen MR) is 78.0 cm³/mol. The van der Waals surface area contributed by atoms with Gasteiger partial charge in [0, 0.05) is 19.0 Å². The summed E-state index contributed by atoms with van der Waals surface area (Å²) in [7, 11) is 0. The molecule has 2 atom stereocenters. The van der Waals surface area contributed by atoms with E-state index in [1.807, 2.05) is 19.9 Å². The molecule has 0 aliphatic carbocycles. The van der Waals surface area contributed by atoms with E-state index in [1.54, 1.807) is 0 Å². The molecule has 5 heteroatoms. The van der Waals surface area contributed by atoms with Crippen molar-refractivity contribution in [3.05, 3.63) is 23.2 Å². The number of nitrogens with one attached hydrogen (secondary N) is 2. The van der Waals surface area contributed by atoms with Crippen LogP contribution in [-0.2, 0) is 6.42 Å². The molecule has 2 heterocycles. The van der Waals surface area contributed by atoms with Crippen molar-refractivity contribution in [3.63, 3.8) is 0 Å². The zero-order valence-electron chi connectivity index (χ0n) is 11.8. The summed E-state index contributed by atoms with van der Waals surface area (Å²) in [6, 6.07) is 2.02. The maximum absolute atomic E-state index is 12.1. The van der Waals surface area contributed by atoms with Crippen molar-refractivity contribution >= 4 is 18.3 Å². The Morgan fingerprint density at radius 1 is 1.58 bits per heavy atom. The van der Waals surface area contributed by atoms with Crippen molar-refractivity contribution in [1.82, 2.24) is 10.6 Å². The predicted octanol–water partition coefficient (Wildman–Crippen LogP) is 2.30. The number of halogens is 1. The molecule has 1 aliphatic heterocycles. The van der Waals surface area contributed by atoms with Crippen LogP contribution < -0.4 is 10.6 Å². The minimum Gasteiger partial charge on any atom is -0.456 e. The molecule has 19 heavy (non-hydrogen) atoms. The van der Waals surface area contributed by atoms with Gasteiger partial charge in [0.15, 0.2) is 5.76 Å². The lowest BCUT2D eigenvalue weighted by Crippen LogP contribution is -2.50. The fourth-order valence-electron chi connectivity index (χ4n) is 2.41. The van der Waals surface area contributed by atoms with E-state index in [0.29, 0.717) is 11.7 Å². The van der Waals surface area contributed by atoms with Gasteiger partial charge in [-0.25, -0.2) is 0 Å². The molecule has 0 bridgehead atoms. The summed E-state index contributed by atoms with van der Waals surface area (Å²) < 4.78 is 5.57. The molecule has 1 aliphatic rings. The number of carbonyl (C=O) groups is 1. The monoisotopic (exact) mass is 286 g/mol. The number of carbonyl (C=O) groups excluding carboxylic acids is 1. The van der Waals surface area contributed by atoms with Crippen LogP contribution in [0.25, 0.3) is 0 Å². The van der Waals surface area contributed by atoms with E-state index in [9.17, 15) is 4.79 Å². The van der Waals surface area contributed by atoms with Gasteiger partial charge in [-0.2, -0.15) is 0 Å². The standard InChI is InChI=1S/C14H22N2O2.ClH/c1-4-12-10(3)7-13(18-12)14(17)16-11-8-15-6-5-9(11)2;/h7,9,11,15H,4-6,8H2,1-3H3,(H,16,17);1H. The number of hydrogen-bond donors (Lipinski definition) is 2. The third-order valence-electron chi connectivity index (χ3n) is 3.71. The average molecular weight is 287 g/mol. The Bertz CT molecular complexity index is 431. The van der Waals surface area contributed by atoms with E-state index in [1.165, 1.54) is 0 Å². The highest BCUT2D eigenvalue weighted by atomic mass is 35.5. The van der Waals surface area contributed by atoms with Crippen LogP contribution in [0, 0.1) is 12.8 Å². The van der Waals surface area contributed by atoms with Crippen molar-refractivity contribution in [1.29, 1.82) is 0 Å². The summed E-state index contributed by atoms with van der Waals surface area (Å²) in [6.07, 6.45) is 1.92. The highest BCUT2D eigenvalue weighted by molar-refractivity contribution is 5.92. The second-order valence-electron chi connectivity index (χ2n) is 5.12. The van der Waals surface area contributed by atoms with E-state index in [-0.39, 0.29) is 24.4 Å². The number of piperidine rings is 1. The van der Waals surface area contributed by atoms with Gasteiger partial charge < -0.3 is 15.1 Å². The third kappa shape index (κ3) is 3.74. The molecule has 2 unspecified atom stereocenters. The third-order valence-corrected chi connectivity index (χ3v) is 3.71. The number of aryl methyl sites for hydroxylation is 2. The minimum atomic E-state index is -0.0988. The lowest BCUT2D eigenvalue weighted by molar-refractivity contribution is 0.0885. The van der Waals surface area contributed by atoms with Crippen molar-refractivity contribution in [2.24, 2.45) is 5.92 Å². The quantitative estimate of drug-likeness (QED) is 0.896. The van der Waals surface area contributed by atoms with Gasteiger partial charge in [-0.1, -0.05) is 13.8 Å². The molecule has 1 amide bonds. The van der Waals surface area contributed by atoms with Crippen LogP contribution in [0.3, 0.4) is 0 Å². The van der Waals surface area contributed by atoms with Crippen LogP contribution in [-0.4, -0.2) is 25.0 Å². The van der Waals surface area contributed by atoms with Crippen LogP contribution in [0.2, 0.25) is 0 Å². The van der Waals surface area contributed by atoms with Gasteiger partial charge in [0.05, 0.1) is 0 Å². The molecule has 0 aromatic carbocycles. The molecule has 4 nitrogen and oxygen atoms in total. The second kappa shape index (κ2) is 6.96. The largest absolute Gasteiger partial charge is 0.456 e. The molecular weight excluding hydrogens is 264 g/mol. The Morgan fingerprint density at radius 3 is 2.89 bits per heavy atom. The van der Waals surface area contributed by atoms with Gasteiger partial charge in [0.1, 0.15) is 5.76 Å². The summed E-state index contributed by atoms with van der Waals surface area (Å²) in [4.78, 5) is 12.1. The average Bonchev–Trinajstić information content (AvgIpc) is 2.73. The topological polar surface area (TPSA) is 54.3 Å². The Hall–Kier alpha value is -1.00. The van der Waals surface area contributed by atoms with Crippen molar-refractivity contribution in [2.45, 2.75) is 39.7 Å². The first-order chi connectivity index (χ1) is 8.61. The molecule has 1 aromatic heterocycles. The molecule has 0 saturated carbocycles. The van der Waals surface area contributed by atoms with Crippen molar-refractivity contribution < 1.29 is 9.21 Å². The zero-order chi connectivity index (χ0) is 13.1. The molecule has 0 spiro atoms. The minimum absolute atomic E-state index is 0. The van der Waals surface area contributed by atoms with Crippen LogP contribution in [0.4, 0.5) is 0 Å². The highest BCUT2D eigenvalue weighted by Crippen LogP contribution is 2.16. The van der Waals surface area contributed by atoms with Gasteiger partial charge in [0.25, 0.3) is 5.91 Å². The Labute approximate surface area is 120 Å². The van der Waals surface area contributed by atoms with Gasteiger partial charge >= 0.3 is 0 Å². The molecule has 1 saturated heterocycles. The molecule has 2 rings (SSSR count). The summed E-state index contributed by atoms with van der Waals surface area (Å²) in [6.45, 7) is 8.06. The summed E-state index contributed by atoms with van der Waals surface area (Å²) in [5, 5.41) is 6.36. The molecule has 108 valence electrons. The first-order valence-electron chi connectivity index (χ1n) is 6.72. The van der Waals surface area contributed by atoms with Gasteiger partial charge in [-0.15, -0.1) is 12.4 Å². The maximum atomic E-state index is 12.1. The van der Waals surface area contributed by atoms with Crippen molar-refractivity contribution in [3.8, 4) is 0 Å². The van der Waals surface area contributed by atoms with Crippen LogP contribution in [0.1, 0.15) is 42.1 Å². The number of hydrogen-bond acceptors (Lipinski definition) is 3. The second-order valence-corrected chi connectivity index (χ2v) is 5.12. The summed E-state index contributed by atoms with van der Waals surface area (Å²) in [5.74, 6) is 1.74. The Morgan fingerprint density at radius 2 is 2.32 bits per heavy atom. The van der Waals surface area contributed by atoms with Gasteiger partial charge in [0.2, 0.25) is 0 Å². The lowest BCUT2D eigenvalue weighted by atomic mass is 9.95. The number of furan rings is 1. The van der Waals surface area contributed by atoms with E-state index in [0.717, 1.165) is 37.3 Å². The number of rotatable bonds is 3. The first-order valence-corrected chi connectivity index (χ1v) is 6.72. The highest BCUT2D eigenvalue weighted by Gasteiger charge is 2.24. The molecule has 0 radical (unpaired) electrons. The fourth-order valence-corrected chi connectivity index (χ4v) is 2.41. The van der Waals surface area contributed by atoms with E-state index < -0.39 is 0 Å². The molecule has 1 aromatic rings. The number of amides is 1. The first kappa shape index (κ1) is 16.1. The summed E-state index contributed by atoms with van der Waals surface area (Å²) in [5.41, 5.74) is 1.05. The van der Waals surface area contributed by atoms with Crippen LogP contribution >= 0.6 is 12.4 Å². The summed E-state index contributed by atoms with van der Waals surface area (Å²) >= 11 is 0.